The minimum Gasteiger partial charge on any atom is -0.494 e. The molecule has 0 atom stereocenters. The highest BCUT2D eigenvalue weighted by Crippen LogP contribution is 2.49. The molecule has 2 aromatic rings. The normalized spacial score (nSPS) is 19.9. The highest BCUT2D eigenvalue weighted by Gasteiger charge is 2.32. The van der Waals surface area contributed by atoms with Gasteiger partial charge >= 0.3 is 5.97 Å². The maximum atomic E-state index is 12.4. The number of pyridine rings is 1. The third-order valence-electron chi connectivity index (χ3n) is 7.67. The molecule has 2 saturated carbocycles. The Balaban J connectivity index is 1.30. The largest absolute Gasteiger partial charge is 0.494 e. The van der Waals surface area contributed by atoms with Gasteiger partial charge in [-0.15, -0.1) is 0 Å². The fourth-order valence-corrected chi connectivity index (χ4v) is 5.41. The van der Waals surface area contributed by atoms with Crippen molar-refractivity contribution in [3.05, 3.63) is 63.1 Å². The molecule has 6 nitrogen and oxygen atoms in total. The van der Waals surface area contributed by atoms with E-state index in [1.807, 2.05) is 0 Å². The third-order valence-corrected chi connectivity index (χ3v) is 7.67. The van der Waals surface area contributed by atoms with Crippen LogP contribution >= 0.6 is 0 Å². The van der Waals surface area contributed by atoms with Gasteiger partial charge in [-0.3, -0.25) is 9.69 Å². The van der Waals surface area contributed by atoms with E-state index in [0.29, 0.717) is 6.61 Å². The predicted molar refractivity (Wildman–Crippen MR) is 127 cm³/mol. The number of carboxylic acids is 1. The minimum absolute atomic E-state index is 0.0500. The molecule has 1 aromatic carbocycles. The second-order valence-electron chi connectivity index (χ2n) is 9.90. The average molecular weight is 451 g/mol. The smallest absolute Gasteiger partial charge is 0.335 e. The number of aromatic carboxylic acids is 1. The zero-order valence-electron chi connectivity index (χ0n) is 19.5. The maximum Gasteiger partial charge on any atom is 0.335 e. The molecule has 0 radical (unpaired) electrons. The van der Waals surface area contributed by atoms with Gasteiger partial charge in [0, 0.05) is 43.5 Å². The molecule has 0 spiro atoms. The molecule has 33 heavy (non-hydrogen) atoms. The summed E-state index contributed by atoms with van der Waals surface area (Å²) in [5.74, 6) is 1.44. The molecule has 176 valence electrons. The molecular weight excluding hydrogens is 416 g/mol. The Morgan fingerprint density at radius 2 is 1.73 bits per heavy atom. The lowest BCUT2D eigenvalue weighted by molar-refractivity contribution is 0.0696. The van der Waals surface area contributed by atoms with Gasteiger partial charge in [0.1, 0.15) is 5.75 Å². The lowest BCUT2D eigenvalue weighted by Gasteiger charge is -2.34. The van der Waals surface area contributed by atoms with Crippen molar-refractivity contribution in [2.75, 3.05) is 19.7 Å². The summed E-state index contributed by atoms with van der Waals surface area (Å²) in [5, 5.41) is 9.10. The zero-order valence-corrected chi connectivity index (χ0v) is 19.5. The van der Waals surface area contributed by atoms with E-state index in [9.17, 15) is 9.59 Å². The van der Waals surface area contributed by atoms with Crippen LogP contribution < -0.4 is 10.3 Å². The van der Waals surface area contributed by atoms with Gasteiger partial charge in [0.2, 0.25) is 0 Å². The number of carboxylic acid groups (broad SMARTS) is 1. The third kappa shape index (κ3) is 4.72. The van der Waals surface area contributed by atoms with Crippen LogP contribution in [0.2, 0.25) is 0 Å². The van der Waals surface area contributed by atoms with Crippen molar-refractivity contribution >= 4 is 5.97 Å². The van der Waals surface area contributed by atoms with E-state index in [1.165, 1.54) is 49.8 Å². The Hall–Kier alpha value is -2.60. The van der Waals surface area contributed by atoms with E-state index >= 15 is 0 Å². The molecule has 2 heterocycles. The Kier molecular flexibility index (Phi) is 6.28. The van der Waals surface area contributed by atoms with Gasteiger partial charge in [0.25, 0.3) is 5.56 Å². The molecule has 3 fully saturated rings. The van der Waals surface area contributed by atoms with Crippen molar-refractivity contribution in [1.29, 1.82) is 0 Å². The Bertz CT molecular complexity index is 1080. The van der Waals surface area contributed by atoms with Gasteiger partial charge < -0.3 is 14.4 Å². The fourth-order valence-electron chi connectivity index (χ4n) is 5.41. The van der Waals surface area contributed by atoms with Crippen LogP contribution in [0.15, 0.2) is 35.3 Å². The van der Waals surface area contributed by atoms with Crippen LogP contribution in [0.5, 0.6) is 5.75 Å². The average Bonchev–Trinajstić information content (AvgIpc) is 3.60. The summed E-state index contributed by atoms with van der Waals surface area (Å²) >= 11 is 0. The number of nitrogens with zero attached hydrogens (tertiary/aromatic N) is 2. The van der Waals surface area contributed by atoms with Crippen molar-refractivity contribution < 1.29 is 14.6 Å². The SMILES string of the molecule is CCOc1cc(C2CCC2)c(C2CC2)cc1CN1CCC(n2ccc(C(=O)O)cc2=O)CC1. The molecule has 1 aliphatic heterocycles. The van der Waals surface area contributed by atoms with Crippen LogP contribution in [0.1, 0.15) is 96.8 Å². The number of carbonyl (C=O) groups is 1. The second kappa shape index (κ2) is 9.34. The molecule has 1 saturated heterocycles. The second-order valence-corrected chi connectivity index (χ2v) is 9.90. The molecule has 1 N–H and O–H groups in total. The highest BCUT2D eigenvalue weighted by molar-refractivity contribution is 5.87. The summed E-state index contributed by atoms with van der Waals surface area (Å²) in [6, 6.07) is 7.66. The van der Waals surface area contributed by atoms with Crippen molar-refractivity contribution in [3.8, 4) is 5.75 Å². The number of ether oxygens (including phenoxy) is 1. The van der Waals surface area contributed by atoms with Crippen LogP contribution in [0, 0.1) is 0 Å². The first-order chi connectivity index (χ1) is 16.0. The van der Waals surface area contributed by atoms with Gasteiger partial charge in [-0.25, -0.2) is 4.79 Å². The molecule has 5 rings (SSSR count). The Labute approximate surface area is 195 Å². The zero-order chi connectivity index (χ0) is 22.9. The van der Waals surface area contributed by atoms with Crippen LogP contribution in [-0.2, 0) is 6.54 Å². The van der Waals surface area contributed by atoms with Gasteiger partial charge in [-0.1, -0.05) is 12.5 Å². The molecule has 2 aliphatic carbocycles. The molecule has 0 amide bonds. The van der Waals surface area contributed by atoms with Crippen LogP contribution in [0.4, 0.5) is 0 Å². The number of hydrogen-bond donors (Lipinski definition) is 1. The molecule has 0 bridgehead atoms. The Morgan fingerprint density at radius 1 is 1.03 bits per heavy atom. The quantitative estimate of drug-likeness (QED) is 0.618. The van der Waals surface area contributed by atoms with Crippen molar-refractivity contribution in [2.24, 2.45) is 0 Å². The fraction of sp³-hybridized carbons (Fsp3) is 0.556. The van der Waals surface area contributed by atoms with Crippen molar-refractivity contribution in [2.45, 2.75) is 76.3 Å². The van der Waals surface area contributed by atoms with Crippen LogP contribution in [0.3, 0.4) is 0 Å². The summed E-state index contributed by atoms with van der Waals surface area (Å²) in [6.45, 7) is 5.43. The van der Waals surface area contributed by atoms with Gasteiger partial charge in [-0.2, -0.15) is 0 Å². The maximum absolute atomic E-state index is 12.4. The molecule has 1 aromatic heterocycles. The Morgan fingerprint density at radius 3 is 2.30 bits per heavy atom. The number of rotatable bonds is 8. The van der Waals surface area contributed by atoms with Gasteiger partial charge in [-0.05, 0) is 80.5 Å². The predicted octanol–water partition coefficient (Wildman–Crippen LogP) is 4.93. The van der Waals surface area contributed by atoms with E-state index < -0.39 is 5.97 Å². The van der Waals surface area contributed by atoms with Crippen LogP contribution in [-0.4, -0.2) is 40.2 Å². The minimum atomic E-state index is -1.06. The van der Waals surface area contributed by atoms with E-state index in [-0.39, 0.29) is 17.2 Å². The van der Waals surface area contributed by atoms with E-state index in [2.05, 4.69) is 24.0 Å². The van der Waals surface area contributed by atoms with E-state index in [0.717, 1.165) is 50.1 Å². The van der Waals surface area contributed by atoms with Crippen molar-refractivity contribution in [1.82, 2.24) is 9.47 Å². The van der Waals surface area contributed by atoms with E-state index in [1.54, 1.807) is 21.9 Å². The monoisotopic (exact) mass is 450 g/mol. The summed E-state index contributed by atoms with van der Waals surface area (Å²) in [5.41, 5.74) is 4.22. The highest BCUT2D eigenvalue weighted by atomic mass is 16.5. The molecule has 0 unspecified atom stereocenters. The number of hydrogen-bond acceptors (Lipinski definition) is 4. The van der Waals surface area contributed by atoms with Crippen LogP contribution in [0.25, 0.3) is 0 Å². The standard InChI is InChI=1S/C27H34N2O4/c1-2-33-25-16-24(18-4-3-5-18)23(19-6-7-19)14-21(25)17-28-11-9-22(10-12-28)29-13-8-20(27(31)32)15-26(29)30/h8,13-16,18-19,22H,2-7,9-12,17H2,1H3,(H,31,32). The molecule has 3 aliphatic rings. The number of likely N-dealkylation sites (tertiary alicyclic amines) is 1. The number of piperidine rings is 1. The van der Waals surface area contributed by atoms with Gasteiger partial charge in [0.15, 0.2) is 0 Å². The van der Waals surface area contributed by atoms with E-state index in [4.69, 9.17) is 9.84 Å². The molecule has 6 heteroatoms. The summed E-state index contributed by atoms with van der Waals surface area (Å²) < 4.78 is 7.81. The van der Waals surface area contributed by atoms with Crippen molar-refractivity contribution in [3.63, 3.8) is 0 Å². The first kappa shape index (κ1) is 22.2. The first-order valence-electron chi connectivity index (χ1n) is 12.5. The summed E-state index contributed by atoms with van der Waals surface area (Å²) in [7, 11) is 0. The first-order valence-corrected chi connectivity index (χ1v) is 12.5. The number of aromatic nitrogens is 1. The lowest BCUT2D eigenvalue weighted by Crippen LogP contribution is -2.37. The van der Waals surface area contributed by atoms with Gasteiger partial charge in [0.05, 0.1) is 12.2 Å². The summed E-state index contributed by atoms with van der Waals surface area (Å²) in [6.07, 6.45) is 9.99. The molecular formula is C27H34N2O4. The number of benzene rings is 1. The summed E-state index contributed by atoms with van der Waals surface area (Å²) in [4.78, 5) is 26.0. The topological polar surface area (TPSA) is 71.8 Å². The lowest BCUT2D eigenvalue weighted by atomic mass is 9.77.